The molecule has 0 atom stereocenters. The summed E-state index contributed by atoms with van der Waals surface area (Å²) < 4.78 is 11.6. The molecule has 0 radical (unpaired) electrons. The average Bonchev–Trinajstić information content (AvgIpc) is 3.08. The Balaban J connectivity index is 1.01. The lowest BCUT2D eigenvalue weighted by Gasteiger charge is -2.56. The van der Waals surface area contributed by atoms with Gasteiger partial charge < -0.3 is 14.8 Å². The van der Waals surface area contributed by atoms with Crippen LogP contribution in [-0.4, -0.2) is 40.5 Å². The molecule has 2 aromatic rings. The van der Waals surface area contributed by atoms with Crippen LogP contribution in [0.15, 0.2) is 24.5 Å². The number of nitrogens with zero attached hydrogens (tertiary/aromatic N) is 3. The van der Waals surface area contributed by atoms with Crippen molar-refractivity contribution in [3.63, 3.8) is 0 Å². The van der Waals surface area contributed by atoms with Crippen molar-refractivity contribution >= 4 is 11.7 Å². The van der Waals surface area contributed by atoms with Gasteiger partial charge >= 0.3 is 0 Å². The highest BCUT2D eigenvalue weighted by molar-refractivity contribution is 5.91. The van der Waals surface area contributed by atoms with Gasteiger partial charge in [-0.1, -0.05) is 6.07 Å². The van der Waals surface area contributed by atoms with Crippen molar-refractivity contribution in [1.82, 2.24) is 14.9 Å². The van der Waals surface area contributed by atoms with Crippen molar-refractivity contribution in [1.29, 1.82) is 0 Å². The number of aromatic nitrogens is 2. The SMILES string of the molecule is O=C(CC12CC3CC(CC(C3)C1)C2)Nc1ncnc2c1CCN(Cc1ccc3c(c1)OCCCO3)C2. The van der Waals surface area contributed by atoms with Crippen LogP contribution in [0, 0.1) is 23.2 Å². The fourth-order valence-corrected chi connectivity index (χ4v) is 8.24. The van der Waals surface area contributed by atoms with Gasteiger partial charge in [-0.3, -0.25) is 9.69 Å². The molecule has 4 fully saturated rings. The largest absolute Gasteiger partial charge is 0.490 e. The van der Waals surface area contributed by atoms with Crippen LogP contribution in [0.4, 0.5) is 5.82 Å². The van der Waals surface area contributed by atoms with Gasteiger partial charge in [0.25, 0.3) is 0 Å². The zero-order valence-corrected chi connectivity index (χ0v) is 21.0. The highest BCUT2D eigenvalue weighted by atomic mass is 16.5. The first kappa shape index (κ1) is 22.5. The van der Waals surface area contributed by atoms with Crippen LogP contribution in [0.25, 0.3) is 0 Å². The van der Waals surface area contributed by atoms with Crippen molar-refractivity contribution < 1.29 is 14.3 Å². The van der Waals surface area contributed by atoms with E-state index >= 15 is 0 Å². The molecule has 1 aromatic heterocycles. The molecule has 36 heavy (non-hydrogen) atoms. The topological polar surface area (TPSA) is 76.6 Å². The van der Waals surface area contributed by atoms with Crippen molar-refractivity contribution in [2.75, 3.05) is 25.1 Å². The molecule has 8 rings (SSSR count). The predicted octanol–water partition coefficient (Wildman–Crippen LogP) is 4.74. The minimum atomic E-state index is 0.146. The maximum absolute atomic E-state index is 13.2. The van der Waals surface area contributed by atoms with Crippen LogP contribution in [0.1, 0.15) is 68.2 Å². The summed E-state index contributed by atoms with van der Waals surface area (Å²) in [6, 6.07) is 6.25. The monoisotopic (exact) mass is 488 g/mol. The van der Waals surface area contributed by atoms with E-state index < -0.39 is 0 Å². The Labute approximate surface area is 213 Å². The summed E-state index contributed by atoms with van der Waals surface area (Å²) in [6.45, 7) is 3.89. The Hall–Kier alpha value is -2.67. The lowest BCUT2D eigenvalue weighted by atomic mass is 9.49. The summed E-state index contributed by atoms with van der Waals surface area (Å²) in [5, 5.41) is 3.21. The molecule has 4 aliphatic carbocycles. The van der Waals surface area contributed by atoms with Crippen LogP contribution in [-0.2, 0) is 24.3 Å². The molecule has 190 valence electrons. The Bertz CT molecular complexity index is 1130. The van der Waals surface area contributed by atoms with Crippen molar-refractivity contribution in [3.05, 3.63) is 41.3 Å². The van der Waals surface area contributed by atoms with Crippen LogP contribution in [0.5, 0.6) is 11.5 Å². The second kappa shape index (κ2) is 9.02. The number of amides is 1. The van der Waals surface area contributed by atoms with Gasteiger partial charge in [-0.2, -0.15) is 0 Å². The highest BCUT2D eigenvalue weighted by Crippen LogP contribution is 2.61. The first-order chi connectivity index (χ1) is 17.6. The minimum absolute atomic E-state index is 0.146. The van der Waals surface area contributed by atoms with Gasteiger partial charge in [-0.05, 0) is 85.8 Å². The summed E-state index contributed by atoms with van der Waals surface area (Å²) in [5.74, 6) is 5.13. The number of carbonyl (C=O) groups excluding carboxylic acids is 1. The van der Waals surface area contributed by atoms with Crippen LogP contribution in [0.3, 0.4) is 0 Å². The van der Waals surface area contributed by atoms with Crippen molar-refractivity contribution in [2.45, 2.75) is 70.9 Å². The molecule has 4 saturated carbocycles. The number of nitrogens with one attached hydrogen (secondary N) is 1. The average molecular weight is 489 g/mol. The molecule has 7 heteroatoms. The first-order valence-electron chi connectivity index (χ1n) is 13.8. The van der Waals surface area contributed by atoms with E-state index in [0.717, 1.165) is 78.8 Å². The molecule has 1 amide bonds. The van der Waals surface area contributed by atoms with E-state index in [-0.39, 0.29) is 11.3 Å². The fraction of sp³-hybridized carbons (Fsp3) is 0.621. The summed E-state index contributed by atoms with van der Waals surface area (Å²) in [4.78, 5) is 24.7. The molecule has 4 bridgehead atoms. The van der Waals surface area contributed by atoms with Gasteiger partial charge in [-0.25, -0.2) is 9.97 Å². The Morgan fingerprint density at radius 2 is 1.78 bits per heavy atom. The second-order valence-electron chi connectivity index (χ2n) is 12.1. The van der Waals surface area contributed by atoms with Gasteiger partial charge in [0.2, 0.25) is 5.91 Å². The highest BCUT2D eigenvalue weighted by Gasteiger charge is 2.51. The maximum Gasteiger partial charge on any atom is 0.226 e. The third kappa shape index (κ3) is 4.36. The molecule has 0 unspecified atom stereocenters. The number of ether oxygens (including phenoxy) is 2. The maximum atomic E-state index is 13.2. The summed E-state index contributed by atoms with van der Waals surface area (Å²) in [7, 11) is 0. The van der Waals surface area contributed by atoms with E-state index in [1.165, 1.54) is 44.1 Å². The van der Waals surface area contributed by atoms with Gasteiger partial charge in [0.15, 0.2) is 11.5 Å². The first-order valence-corrected chi connectivity index (χ1v) is 13.8. The number of carbonyl (C=O) groups is 1. The summed E-state index contributed by atoms with van der Waals surface area (Å²) >= 11 is 0. The van der Waals surface area contributed by atoms with E-state index in [0.29, 0.717) is 19.6 Å². The summed E-state index contributed by atoms with van der Waals surface area (Å²) in [5.41, 5.74) is 3.58. The molecule has 6 aliphatic rings. The van der Waals surface area contributed by atoms with E-state index in [9.17, 15) is 4.79 Å². The van der Waals surface area contributed by atoms with Crippen molar-refractivity contribution in [3.8, 4) is 11.5 Å². The molecule has 1 aromatic carbocycles. The zero-order chi connectivity index (χ0) is 24.1. The molecule has 3 heterocycles. The zero-order valence-electron chi connectivity index (χ0n) is 21.0. The minimum Gasteiger partial charge on any atom is -0.490 e. The Morgan fingerprint density at radius 1 is 1.03 bits per heavy atom. The number of hydrogen-bond donors (Lipinski definition) is 1. The number of hydrogen-bond acceptors (Lipinski definition) is 6. The third-order valence-corrected chi connectivity index (χ3v) is 9.26. The smallest absolute Gasteiger partial charge is 0.226 e. The number of fused-ring (bicyclic) bond motifs is 2. The number of rotatable bonds is 5. The number of anilines is 1. The third-order valence-electron chi connectivity index (χ3n) is 9.26. The lowest BCUT2D eigenvalue weighted by molar-refractivity contribution is -0.124. The van der Waals surface area contributed by atoms with Crippen LogP contribution in [0.2, 0.25) is 0 Å². The van der Waals surface area contributed by atoms with Gasteiger partial charge in [0.1, 0.15) is 12.1 Å². The van der Waals surface area contributed by atoms with E-state index in [1.54, 1.807) is 6.33 Å². The predicted molar refractivity (Wildman–Crippen MR) is 136 cm³/mol. The summed E-state index contributed by atoms with van der Waals surface area (Å²) in [6.07, 6.45) is 12.0. The lowest BCUT2D eigenvalue weighted by Crippen LogP contribution is -2.47. The van der Waals surface area contributed by atoms with Gasteiger partial charge in [0, 0.05) is 38.0 Å². The fourth-order valence-electron chi connectivity index (χ4n) is 8.24. The van der Waals surface area contributed by atoms with Crippen LogP contribution < -0.4 is 14.8 Å². The van der Waals surface area contributed by atoms with E-state index in [2.05, 4.69) is 32.3 Å². The molecule has 0 spiro atoms. The van der Waals surface area contributed by atoms with Crippen molar-refractivity contribution in [2.24, 2.45) is 23.2 Å². The molecule has 2 aliphatic heterocycles. The molecule has 0 saturated heterocycles. The van der Waals surface area contributed by atoms with E-state index in [1.807, 2.05) is 6.07 Å². The van der Waals surface area contributed by atoms with Gasteiger partial charge in [-0.15, -0.1) is 0 Å². The number of benzene rings is 1. The second-order valence-corrected chi connectivity index (χ2v) is 12.1. The molecular formula is C29H36N4O3. The molecule has 7 nitrogen and oxygen atoms in total. The van der Waals surface area contributed by atoms with Crippen LogP contribution >= 0.6 is 0 Å². The normalized spacial score (nSPS) is 30.5. The Kier molecular flexibility index (Phi) is 5.64. The van der Waals surface area contributed by atoms with Gasteiger partial charge in [0.05, 0.1) is 18.9 Å². The molecular weight excluding hydrogens is 452 g/mol. The molecule has 1 N–H and O–H groups in total. The quantitative estimate of drug-likeness (QED) is 0.655. The standard InChI is InChI=1S/C29H36N4O3/c34-27(15-29-12-20-8-21(13-29)10-22(9-20)14-29)32-28-23-4-5-33(17-24(23)30-18-31-28)16-19-2-3-25-26(11-19)36-7-1-6-35-25/h2-3,11,18,20-22H,1,4-10,12-17H2,(H,30,31,32,34). The van der Waals surface area contributed by atoms with E-state index in [4.69, 9.17) is 9.47 Å². The Morgan fingerprint density at radius 3 is 2.56 bits per heavy atom.